The number of rotatable bonds is 7. The van der Waals surface area contributed by atoms with Crippen LogP contribution in [0, 0.1) is 0 Å². The van der Waals surface area contributed by atoms with E-state index >= 15 is 0 Å². The van der Waals surface area contributed by atoms with Crippen LogP contribution < -0.4 is 5.32 Å². The first-order valence-electron chi connectivity index (χ1n) is 13.0. The number of ether oxygens (including phenoxy) is 1. The number of benzene rings is 3. The summed E-state index contributed by atoms with van der Waals surface area (Å²) in [5.74, 6) is -0.749. The van der Waals surface area contributed by atoms with Crippen molar-refractivity contribution in [1.82, 2.24) is 5.32 Å². The van der Waals surface area contributed by atoms with Gasteiger partial charge in [0.2, 0.25) is 0 Å². The number of aryl methyl sites for hydroxylation is 1. The van der Waals surface area contributed by atoms with Crippen LogP contribution in [0.4, 0.5) is 4.79 Å². The van der Waals surface area contributed by atoms with Crippen LogP contribution in [0.3, 0.4) is 0 Å². The van der Waals surface area contributed by atoms with Gasteiger partial charge in [-0.05, 0) is 71.4 Å². The first-order valence-corrected chi connectivity index (χ1v) is 13.0. The molecule has 186 valence electrons. The topological polar surface area (TPSA) is 75.6 Å². The molecule has 0 saturated heterocycles. The molecule has 5 heteroatoms. The number of hydrogen-bond donors (Lipinski definition) is 2. The van der Waals surface area contributed by atoms with Gasteiger partial charge in [0.05, 0.1) is 0 Å². The molecule has 2 aliphatic rings. The number of fused-ring (bicyclic) bond motifs is 3. The standard InChI is InChI=1S/C31H33NO4/c1-2-7-21-12-14-22(15-13-21)23-16-18-31(19-17-23,29(33)34)32-30(35)36-20-28-26-10-5-3-8-24(26)25-9-4-6-11-27(25)28/h3-6,8-15,23,28H,2,7,16-20H2,1H3,(H,32,35)(H,33,34)/t23-,31+. The van der Waals surface area contributed by atoms with Gasteiger partial charge in [-0.3, -0.25) is 0 Å². The minimum Gasteiger partial charge on any atom is -0.480 e. The van der Waals surface area contributed by atoms with Crippen molar-refractivity contribution in [2.45, 2.75) is 62.8 Å². The van der Waals surface area contributed by atoms with Gasteiger partial charge in [-0.2, -0.15) is 0 Å². The fourth-order valence-electron chi connectivity index (χ4n) is 5.91. The van der Waals surface area contributed by atoms with Crippen LogP contribution in [0.15, 0.2) is 72.8 Å². The van der Waals surface area contributed by atoms with Crippen molar-refractivity contribution in [2.75, 3.05) is 6.61 Å². The first kappa shape index (κ1) is 24.1. The van der Waals surface area contributed by atoms with E-state index in [1.807, 2.05) is 24.3 Å². The van der Waals surface area contributed by atoms with Gasteiger partial charge in [-0.15, -0.1) is 0 Å². The first-order chi connectivity index (χ1) is 17.5. The van der Waals surface area contributed by atoms with Crippen molar-refractivity contribution >= 4 is 12.1 Å². The van der Waals surface area contributed by atoms with Crippen molar-refractivity contribution in [2.24, 2.45) is 0 Å². The number of carboxylic acid groups (broad SMARTS) is 1. The molecule has 0 radical (unpaired) electrons. The number of nitrogens with one attached hydrogen (secondary N) is 1. The van der Waals surface area contributed by atoms with E-state index in [0.29, 0.717) is 31.6 Å². The van der Waals surface area contributed by atoms with Crippen molar-refractivity contribution in [1.29, 1.82) is 0 Å². The smallest absolute Gasteiger partial charge is 0.408 e. The lowest BCUT2D eigenvalue weighted by atomic mass is 9.74. The Labute approximate surface area is 212 Å². The predicted octanol–water partition coefficient (Wildman–Crippen LogP) is 6.66. The van der Waals surface area contributed by atoms with E-state index in [9.17, 15) is 14.7 Å². The molecule has 0 aliphatic heterocycles. The molecule has 0 unspecified atom stereocenters. The predicted molar refractivity (Wildman–Crippen MR) is 140 cm³/mol. The summed E-state index contributed by atoms with van der Waals surface area (Å²) in [5.41, 5.74) is 5.86. The quantitative estimate of drug-likeness (QED) is 0.394. The summed E-state index contributed by atoms with van der Waals surface area (Å²) < 4.78 is 5.65. The Hall–Kier alpha value is -3.60. The zero-order chi connectivity index (χ0) is 25.1. The van der Waals surface area contributed by atoms with Crippen LogP contribution in [0.1, 0.15) is 73.1 Å². The number of alkyl carbamates (subject to hydrolysis) is 1. The molecule has 3 aromatic rings. The Morgan fingerprint density at radius 1 is 0.917 bits per heavy atom. The minimum atomic E-state index is -1.29. The maximum absolute atomic E-state index is 12.9. The molecule has 3 aromatic carbocycles. The van der Waals surface area contributed by atoms with Crippen LogP contribution in [-0.4, -0.2) is 29.3 Å². The van der Waals surface area contributed by atoms with Gasteiger partial charge in [0, 0.05) is 5.92 Å². The van der Waals surface area contributed by atoms with Crippen LogP contribution in [0.2, 0.25) is 0 Å². The second-order valence-corrected chi connectivity index (χ2v) is 10.1. The molecule has 2 aliphatic carbocycles. The largest absolute Gasteiger partial charge is 0.480 e. The van der Waals surface area contributed by atoms with Gasteiger partial charge in [-0.25, -0.2) is 9.59 Å². The number of carbonyl (C=O) groups is 2. The molecular formula is C31H33NO4. The summed E-state index contributed by atoms with van der Waals surface area (Å²) in [6, 6.07) is 25.0. The van der Waals surface area contributed by atoms with Gasteiger partial charge in [0.15, 0.2) is 0 Å². The van der Waals surface area contributed by atoms with Crippen molar-refractivity contribution < 1.29 is 19.4 Å². The number of amides is 1. The van der Waals surface area contributed by atoms with Gasteiger partial charge >= 0.3 is 12.1 Å². The van der Waals surface area contributed by atoms with E-state index in [-0.39, 0.29) is 12.5 Å². The highest BCUT2D eigenvalue weighted by Crippen LogP contribution is 2.44. The molecule has 5 nitrogen and oxygen atoms in total. The lowest BCUT2D eigenvalue weighted by molar-refractivity contribution is -0.146. The molecule has 1 saturated carbocycles. The third-order valence-electron chi connectivity index (χ3n) is 7.92. The molecule has 0 atom stereocenters. The average molecular weight is 484 g/mol. The maximum atomic E-state index is 12.9. The average Bonchev–Trinajstić information content (AvgIpc) is 3.22. The monoisotopic (exact) mass is 483 g/mol. The molecule has 1 amide bonds. The Morgan fingerprint density at radius 3 is 2.06 bits per heavy atom. The van der Waals surface area contributed by atoms with Crippen molar-refractivity contribution in [3.05, 3.63) is 95.1 Å². The molecule has 0 aromatic heterocycles. The van der Waals surface area contributed by atoms with E-state index in [2.05, 4.69) is 60.8 Å². The molecule has 0 bridgehead atoms. The lowest BCUT2D eigenvalue weighted by Crippen LogP contribution is -2.56. The summed E-state index contributed by atoms with van der Waals surface area (Å²) in [5, 5.41) is 12.8. The summed E-state index contributed by atoms with van der Waals surface area (Å²) in [4.78, 5) is 25.1. The number of hydrogen-bond acceptors (Lipinski definition) is 3. The maximum Gasteiger partial charge on any atom is 0.408 e. The third-order valence-corrected chi connectivity index (χ3v) is 7.92. The number of carbonyl (C=O) groups excluding carboxylic acids is 1. The summed E-state index contributed by atoms with van der Waals surface area (Å²) in [6.45, 7) is 2.34. The lowest BCUT2D eigenvalue weighted by Gasteiger charge is -2.37. The molecular weight excluding hydrogens is 450 g/mol. The molecule has 2 N–H and O–H groups in total. The highest BCUT2D eigenvalue weighted by atomic mass is 16.5. The summed E-state index contributed by atoms with van der Waals surface area (Å²) in [7, 11) is 0. The van der Waals surface area contributed by atoms with Gasteiger partial charge in [0.25, 0.3) is 0 Å². The molecule has 36 heavy (non-hydrogen) atoms. The molecule has 0 spiro atoms. The van der Waals surface area contributed by atoms with Crippen LogP contribution >= 0.6 is 0 Å². The Kier molecular flexibility index (Phi) is 6.82. The van der Waals surface area contributed by atoms with E-state index in [1.54, 1.807) is 0 Å². The van der Waals surface area contributed by atoms with E-state index < -0.39 is 17.6 Å². The normalized spacial score (nSPS) is 20.9. The minimum absolute atomic E-state index is 0.0599. The Bertz CT molecular complexity index is 1200. The van der Waals surface area contributed by atoms with Crippen LogP contribution in [0.25, 0.3) is 11.1 Å². The molecule has 5 rings (SSSR count). The molecule has 1 fully saturated rings. The van der Waals surface area contributed by atoms with Crippen LogP contribution in [0.5, 0.6) is 0 Å². The third kappa shape index (κ3) is 4.62. The fourth-order valence-corrected chi connectivity index (χ4v) is 5.91. The van der Waals surface area contributed by atoms with Crippen LogP contribution in [-0.2, 0) is 16.0 Å². The van der Waals surface area contributed by atoms with Gasteiger partial charge < -0.3 is 15.2 Å². The zero-order valence-corrected chi connectivity index (χ0v) is 20.7. The highest BCUT2D eigenvalue weighted by molar-refractivity contribution is 5.85. The fraction of sp³-hybridized carbons (Fsp3) is 0.355. The summed E-state index contributed by atoms with van der Waals surface area (Å²) in [6.07, 6.45) is 3.71. The van der Waals surface area contributed by atoms with E-state index in [4.69, 9.17) is 4.74 Å². The zero-order valence-electron chi connectivity index (χ0n) is 20.7. The van der Waals surface area contributed by atoms with E-state index in [1.165, 1.54) is 11.1 Å². The Morgan fingerprint density at radius 2 is 1.50 bits per heavy atom. The van der Waals surface area contributed by atoms with Gasteiger partial charge in [-0.1, -0.05) is 86.1 Å². The van der Waals surface area contributed by atoms with Gasteiger partial charge in [0.1, 0.15) is 12.1 Å². The van der Waals surface area contributed by atoms with E-state index in [0.717, 1.165) is 35.1 Å². The Balaban J connectivity index is 1.22. The highest BCUT2D eigenvalue weighted by Gasteiger charge is 2.44. The number of aliphatic carboxylic acids is 1. The SMILES string of the molecule is CCCc1ccc([C@H]2CC[C@](NC(=O)OCC3c4ccccc4-c4ccccc43)(C(=O)O)CC2)cc1. The van der Waals surface area contributed by atoms with Crippen molar-refractivity contribution in [3.8, 4) is 11.1 Å². The summed E-state index contributed by atoms with van der Waals surface area (Å²) >= 11 is 0. The second kappa shape index (κ2) is 10.2. The second-order valence-electron chi connectivity index (χ2n) is 10.1. The number of carboxylic acids is 1. The molecule has 0 heterocycles. The van der Waals surface area contributed by atoms with Crippen molar-refractivity contribution in [3.63, 3.8) is 0 Å².